The van der Waals surface area contributed by atoms with Gasteiger partial charge in [-0.1, -0.05) is 6.07 Å². The fourth-order valence-electron chi connectivity index (χ4n) is 3.51. The van der Waals surface area contributed by atoms with E-state index >= 15 is 0 Å². The van der Waals surface area contributed by atoms with Gasteiger partial charge in [0.2, 0.25) is 5.91 Å². The lowest BCUT2D eigenvalue weighted by atomic mass is 10.1. The van der Waals surface area contributed by atoms with Gasteiger partial charge in [0.25, 0.3) is 11.8 Å². The molecule has 0 radical (unpaired) electrons. The maximum Gasteiger partial charge on any atom is 0.261 e. The Hall–Kier alpha value is -2.65. The van der Waals surface area contributed by atoms with E-state index in [1.807, 2.05) is 34.0 Å². The van der Waals surface area contributed by atoms with Gasteiger partial charge in [-0.05, 0) is 48.6 Å². The van der Waals surface area contributed by atoms with Crippen LogP contribution in [0.1, 0.15) is 32.0 Å². The zero-order valence-corrected chi connectivity index (χ0v) is 18.6. The highest BCUT2D eigenvalue weighted by molar-refractivity contribution is 7.21. The molecule has 0 bridgehead atoms. The molecule has 3 rings (SSSR count). The van der Waals surface area contributed by atoms with Gasteiger partial charge in [-0.2, -0.15) is 0 Å². The summed E-state index contributed by atoms with van der Waals surface area (Å²) in [6, 6.07) is 8.92. The summed E-state index contributed by atoms with van der Waals surface area (Å²) in [6.45, 7) is 3.64. The molecular formula is C21H27BN4O3S. The molecule has 1 aromatic carbocycles. The van der Waals surface area contributed by atoms with Crippen molar-refractivity contribution in [2.24, 2.45) is 0 Å². The number of nitrogens with one attached hydrogen (secondary N) is 2. The van der Waals surface area contributed by atoms with Crippen LogP contribution in [-0.4, -0.2) is 70.2 Å². The number of nitrogens with zero attached hydrogens (tertiary/aromatic N) is 2. The first-order chi connectivity index (χ1) is 14.3. The molecule has 2 heterocycles. The zero-order chi connectivity index (χ0) is 21.8. The van der Waals surface area contributed by atoms with Crippen LogP contribution in [0.3, 0.4) is 0 Å². The van der Waals surface area contributed by atoms with Crippen LogP contribution in [0.2, 0.25) is 0 Å². The molecule has 0 spiro atoms. The number of hydrogen-bond acceptors (Lipinski definition) is 5. The Balaban J connectivity index is 1.67. The Morgan fingerprint density at radius 2 is 2.07 bits per heavy atom. The third-order valence-electron chi connectivity index (χ3n) is 5.22. The molecule has 1 atom stereocenters. The highest BCUT2D eigenvalue weighted by Crippen LogP contribution is 2.25. The van der Waals surface area contributed by atoms with E-state index in [0.29, 0.717) is 23.5 Å². The van der Waals surface area contributed by atoms with Crippen molar-refractivity contribution in [1.29, 1.82) is 0 Å². The second kappa shape index (κ2) is 9.44. The Bertz CT molecular complexity index is 961. The summed E-state index contributed by atoms with van der Waals surface area (Å²) < 4.78 is 1.07. The molecule has 30 heavy (non-hydrogen) atoms. The van der Waals surface area contributed by atoms with Crippen LogP contribution in [0.4, 0.5) is 5.69 Å². The van der Waals surface area contributed by atoms with E-state index in [1.54, 1.807) is 35.0 Å². The van der Waals surface area contributed by atoms with E-state index in [1.165, 1.54) is 11.3 Å². The minimum Gasteiger partial charge on any atom is -0.346 e. The van der Waals surface area contributed by atoms with Crippen LogP contribution in [0.25, 0.3) is 0 Å². The molecule has 0 saturated carbocycles. The Morgan fingerprint density at radius 3 is 2.70 bits per heavy atom. The molecule has 1 aliphatic heterocycles. The first-order valence-corrected chi connectivity index (χ1v) is 10.8. The Labute approximate surface area is 181 Å². The lowest BCUT2D eigenvalue weighted by Gasteiger charge is -2.21. The number of aryl methyl sites for hydroxylation is 1. The average Bonchev–Trinajstić information content (AvgIpc) is 3.30. The topological polar surface area (TPSA) is 81.8 Å². The molecule has 0 aliphatic carbocycles. The standard InChI is InChI=1S/C21H27BN4O3S/c1-13-10-15(4-5-16(13)21(29)25(3)9-8-23-2)26-12-14(11-19(26)27)24-20(28)17-6-7-18(22)30-17/h4-7,10,14,23H,8-9,11-12,22H2,1-3H3,(H,24,28). The van der Waals surface area contributed by atoms with E-state index in [0.717, 1.165) is 22.6 Å². The van der Waals surface area contributed by atoms with Crippen LogP contribution in [0.15, 0.2) is 30.3 Å². The number of amides is 3. The number of rotatable bonds is 7. The second-order valence-electron chi connectivity index (χ2n) is 7.62. The Kier molecular flexibility index (Phi) is 6.94. The predicted molar refractivity (Wildman–Crippen MR) is 123 cm³/mol. The van der Waals surface area contributed by atoms with Crippen molar-refractivity contribution in [2.75, 3.05) is 38.6 Å². The van der Waals surface area contributed by atoms with Crippen molar-refractivity contribution in [3.63, 3.8) is 0 Å². The van der Waals surface area contributed by atoms with Crippen LogP contribution in [0, 0.1) is 6.92 Å². The van der Waals surface area contributed by atoms with Crippen LogP contribution in [0.5, 0.6) is 0 Å². The highest BCUT2D eigenvalue weighted by atomic mass is 32.1. The number of carbonyl (C=O) groups is 3. The van der Waals surface area contributed by atoms with E-state index in [2.05, 4.69) is 10.6 Å². The molecule has 9 heteroatoms. The maximum atomic E-state index is 12.6. The van der Waals surface area contributed by atoms with E-state index in [4.69, 9.17) is 0 Å². The lowest BCUT2D eigenvalue weighted by molar-refractivity contribution is -0.117. The van der Waals surface area contributed by atoms with Crippen molar-refractivity contribution in [2.45, 2.75) is 19.4 Å². The first kappa shape index (κ1) is 22.0. The van der Waals surface area contributed by atoms with Gasteiger partial charge < -0.3 is 20.4 Å². The van der Waals surface area contributed by atoms with Crippen LogP contribution in [-0.2, 0) is 4.79 Å². The van der Waals surface area contributed by atoms with E-state index in [-0.39, 0.29) is 30.2 Å². The summed E-state index contributed by atoms with van der Waals surface area (Å²) in [6.07, 6.45) is 0.266. The van der Waals surface area contributed by atoms with E-state index in [9.17, 15) is 14.4 Å². The number of benzene rings is 1. The summed E-state index contributed by atoms with van der Waals surface area (Å²) in [5.41, 5.74) is 2.20. The third-order valence-corrected chi connectivity index (χ3v) is 6.22. The number of thiophene rings is 1. The quantitative estimate of drug-likeness (QED) is 0.618. The summed E-state index contributed by atoms with van der Waals surface area (Å²) in [7, 11) is 5.58. The molecular weight excluding hydrogens is 399 g/mol. The molecule has 2 N–H and O–H groups in total. The van der Waals surface area contributed by atoms with Crippen molar-refractivity contribution < 1.29 is 14.4 Å². The molecule has 1 unspecified atom stereocenters. The van der Waals surface area contributed by atoms with Crippen LogP contribution >= 0.6 is 11.3 Å². The van der Waals surface area contributed by atoms with Crippen molar-refractivity contribution in [3.8, 4) is 0 Å². The van der Waals surface area contributed by atoms with Crippen molar-refractivity contribution in [3.05, 3.63) is 46.3 Å². The molecule has 1 aromatic heterocycles. The summed E-state index contributed by atoms with van der Waals surface area (Å²) in [4.78, 5) is 41.6. The number of anilines is 1. The van der Waals surface area contributed by atoms with E-state index < -0.39 is 0 Å². The summed E-state index contributed by atoms with van der Waals surface area (Å²) in [5.74, 6) is -0.222. The molecule has 1 saturated heterocycles. The molecule has 1 aliphatic rings. The van der Waals surface area contributed by atoms with Crippen molar-refractivity contribution in [1.82, 2.24) is 15.5 Å². The minimum atomic E-state index is -0.235. The highest BCUT2D eigenvalue weighted by Gasteiger charge is 2.32. The third kappa shape index (κ3) is 4.91. The van der Waals surface area contributed by atoms with Gasteiger partial charge in [0, 0.05) is 44.4 Å². The summed E-state index contributed by atoms with van der Waals surface area (Å²) in [5, 5.41) is 5.99. The number of likely N-dealkylation sites (N-methyl/N-ethyl adjacent to an activating group) is 2. The minimum absolute atomic E-state index is 0.0349. The molecule has 3 amide bonds. The SMILES string of the molecule is Bc1ccc(C(=O)NC2CC(=O)N(c3ccc(C(=O)N(C)CCNC)c(C)c3)C2)s1. The van der Waals surface area contributed by atoms with Gasteiger partial charge in [0.15, 0.2) is 7.85 Å². The predicted octanol–water partition coefficient (Wildman–Crippen LogP) is 0.142. The van der Waals surface area contributed by atoms with Gasteiger partial charge in [0.05, 0.1) is 10.9 Å². The number of hydrogen-bond donors (Lipinski definition) is 2. The fraction of sp³-hybridized carbons (Fsp3) is 0.381. The second-order valence-corrected chi connectivity index (χ2v) is 8.91. The monoisotopic (exact) mass is 426 g/mol. The Morgan fingerprint density at radius 1 is 1.30 bits per heavy atom. The lowest BCUT2D eigenvalue weighted by Crippen LogP contribution is -2.37. The molecule has 158 valence electrons. The van der Waals surface area contributed by atoms with Gasteiger partial charge >= 0.3 is 0 Å². The normalized spacial score (nSPS) is 16.0. The van der Waals surface area contributed by atoms with Crippen LogP contribution < -0.4 is 20.3 Å². The average molecular weight is 426 g/mol. The smallest absolute Gasteiger partial charge is 0.261 e. The fourth-order valence-corrected chi connectivity index (χ4v) is 4.28. The zero-order valence-electron chi connectivity index (χ0n) is 17.8. The summed E-state index contributed by atoms with van der Waals surface area (Å²) >= 11 is 1.44. The molecule has 7 nitrogen and oxygen atoms in total. The molecule has 1 fully saturated rings. The largest absolute Gasteiger partial charge is 0.346 e. The van der Waals surface area contributed by atoms with Gasteiger partial charge in [-0.15, -0.1) is 11.3 Å². The van der Waals surface area contributed by atoms with Gasteiger partial charge in [-0.25, -0.2) is 0 Å². The van der Waals surface area contributed by atoms with Crippen molar-refractivity contribution >= 4 is 47.4 Å². The van der Waals surface area contributed by atoms with Gasteiger partial charge in [0.1, 0.15) is 0 Å². The maximum absolute atomic E-state index is 12.6. The first-order valence-electron chi connectivity index (χ1n) is 9.98. The van der Waals surface area contributed by atoms with Gasteiger partial charge in [-0.3, -0.25) is 14.4 Å². The number of carbonyl (C=O) groups excluding carboxylic acids is 3. The molecule has 2 aromatic rings.